The van der Waals surface area contributed by atoms with E-state index in [-0.39, 0.29) is 21.5 Å². The number of carbonyl (C=O) groups excluding carboxylic acids is 1. The third-order valence-corrected chi connectivity index (χ3v) is 7.46. The highest BCUT2D eigenvalue weighted by atomic mass is 35.5. The number of rotatable bonds is 7. The van der Waals surface area contributed by atoms with Crippen molar-refractivity contribution in [2.24, 2.45) is 0 Å². The second-order valence-electron chi connectivity index (χ2n) is 6.83. The number of hydrogen-bond acceptors (Lipinski definition) is 5. The summed E-state index contributed by atoms with van der Waals surface area (Å²) in [6, 6.07) is 9.43. The molecular formula is C21H25ClN2O5S. The minimum atomic E-state index is -3.79. The van der Waals surface area contributed by atoms with E-state index in [1.54, 1.807) is 13.8 Å². The van der Waals surface area contributed by atoms with E-state index in [1.807, 2.05) is 25.1 Å². The molecule has 0 saturated carbocycles. The summed E-state index contributed by atoms with van der Waals surface area (Å²) >= 11 is 6.15. The van der Waals surface area contributed by atoms with Crippen molar-refractivity contribution in [3.05, 3.63) is 52.5 Å². The lowest BCUT2D eigenvalue weighted by Gasteiger charge is -2.21. The second kappa shape index (κ2) is 9.24. The number of halogens is 1. The molecule has 2 aromatic carbocycles. The quantitative estimate of drug-likeness (QED) is 0.693. The fourth-order valence-corrected chi connectivity index (χ4v) is 5.20. The third-order valence-electron chi connectivity index (χ3n) is 4.93. The van der Waals surface area contributed by atoms with Crippen LogP contribution in [0.4, 0.5) is 0 Å². The Hall–Kier alpha value is -2.29. The first-order chi connectivity index (χ1) is 14.3. The lowest BCUT2D eigenvalue weighted by Crippen LogP contribution is -2.31. The number of benzene rings is 2. The average molecular weight is 453 g/mol. The summed E-state index contributed by atoms with van der Waals surface area (Å²) in [5.41, 5.74) is 1.06. The third kappa shape index (κ3) is 4.55. The maximum absolute atomic E-state index is 12.9. The zero-order chi connectivity index (χ0) is 21.9. The van der Waals surface area contributed by atoms with Gasteiger partial charge in [0.05, 0.1) is 11.1 Å². The smallest absolute Gasteiger partial charge is 0.251 e. The molecule has 1 heterocycles. The van der Waals surface area contributed by atoms with Gasteiger partial charge in [-0.25, -0.2) is 8.42 Å². The maximum atomic E-state index is 12.9. The van der Waals surface area contributed by atoms with Gasteiger partial charge in [-0.15, -0.1) is 0 Å². The first-order valence-electron chi connectivity index (χ1n) is 9.78. The van der Waals surface area contributed by atoms with Crippen LogP contribution in [0.1, 0.15) is 42.7 Å². The Morgan fingerprint density at radius 2 is 1.77 bits per heavy atom. The van der Waals surface area contributed by atoms with Crippen LogP contribution in [-0.4, -0.2) is 44.9 Å². The Balaban J connectivity index is 1.82. The molecule has 0 aliphatic carbocycles. The minimum absolute atomic E-state index is 0.0764. The van der Waals surface area contributed by atoms with Crippen molar-refractivity contribution in [3.8, 4) is 11.5 Å². The van der Waals surface area contributed by atoms with Crippen molar-refractivity contribution >= 4 is 27.5 Å². The highest BCUT2D eigenvalue weighted by Crippen LogP contribution is 2.33. The van der Waals surface area contributed by atoms with E-state index in [1.165, 1.54) is 22.5 Å². The first-order valence-corrected chi connectivity index (χ1v) is 11.6. The van der Waals surface area contributed by atoms with Gasteiger partial charge in [0.1, 0.15) is 18.1 Å². The molecule has 0 bridgehead atoms. The molecule has 0 radical (unpaired) electrons. The largest absolute Gasteiger partial charge is 0.486 e. The molecule has 0 spiro atoms. The zero-order valence-electron chi connectivity index (χ0n) is 17.1. The monoisotopic (exact) mass is 452 g/mol. The van der Waals surface area contributed by atoms with Gasteiger partial charge in [0, 0.05) is 18.7 Å². The van der Waals surface area contributed by atoms with Crippen molar-refractivity contribution in [1.82, 2.24) is 9.62 Å². The molecule has 1 atom stereocenters. The van der Waals surface area contributed by atoms with Crippen LogP contribution in [0.3, 0.4) is 0 Å². The predicted octanol–water partition coefficient (Wildman–Crippen LogP) is 3.63. The molecule has 0 aromatic heterocycles. The van der Waals surface area contributed by atoms with Gasteiger partial charge in [-0.1, -0.05) is 31.5 Å². The number of nitrogens with one attached hydrogen (secondary N) is 1. The average Bonchev–Trinajstić information content (AvgIpc) is 2.74. The number of sulfonamides is 1. The molecule has 7 nitrogen and oxygen atoms in total. The summed E-state index contributed by atoms with van der Waals surface area (Å²) < 4.78 is 38.1. The fraction of sp³-hybridized carbons (Fsp3) is 0.381. The predicted molar refractivity (Wildman–Crippen MR) is 115 cm³/mol. The molecule has 1 aliphatic rings. The van der Waals surface area contributed by atoms with Crippen molar-refractivity contribution in [1.29, 1.82) is 0 Å². The number of fused-ring (bicyclic) bond motifs is 1. The maximum Gasteiger partial charge on any atom is 0.251 e. The summed E-state index contributed by atoms with van der Waals surface area (Å²) in [5.74, 6) is 0.913. The van der Waals surface area contributed by atoms with Crippen LogP contribution < -0.4 is 14.8 Å². The minimum Gasteiger partial charge on any atom is -0.486 e. The van der Waals surface area contributed by atoms with E-state index < -0.39 is 15.9 Å². The van der Waals surface area contributed by atoms with E-state index >= 15 is 0 Å². The number of nitrogens with zero attached hydrogens (tertiary/aromatic N) is 1. The molecule has 9 heteroatoms. The summed E-state index contributed by atoms with van der Waals surface area (Å²) in [7, 11) is -3.79. The Labute approximate surface area is 182 Å². The molecule has 1 N–H and O–H groups in total. The fourth-order valence-electron chi connectivity index (χ4n) is 3.24. The molecular weight excluding hydrogens is 428 g/mol. The van der Waals surface area contributed by atoms with Gasteiger partial charge in [0.2, 0.25) is 10.0 Å². The van der Waals surface area contributed by atoms with Crippen LogP contribution in [-0.2, 0) is 10.0 Å². The number of carbonyl (C=O) groups is 1. The highest BCUT2D eigenvalue weighted by molar-refractivity contribution is 7.89. The lowest BCUT2D eigenvalue weighted by atomic mass is 10.1. The van der Waals surface area contributed by atoms with Crippen molar-refractivity contribution in [3.63, 3.8) is 0 Å². The van der Waals surface area contributed by atoms with Crippen LogP contribution >= 0.6 is 11.6 Å². The molecule has 30 heavy (non-hydrogen) atoms. The zero-order valence-corrected chi connectivity index (χ0v) is 18.7. The second-order valence-corrected chi connectivity index (χ2v) is 9.15. The van der Waals surface area contributed by atoms with E-state index in [0.29, 0.717) is 37.8 Å². The molecule has 0 saturated heterocycles. The Morgan fingerprint density at radius 1 is 1.10 bits per heavy atom. The van der Waals surface area contributed by atoms with Gasteiger partial charge in [-0.05, 0) is 42.8 Å². The van der Waals surface area contributed by atoms with Gasteiger partial charge < -0.3 is 14.8 Å². The normalized spacial score (nSPS) is 14.4. The first kappa shape index (κ1) is 22.4. The number of hydrogen-bond donors (Lipinski definition) is 1. The van der Waals surface area contributed by atoms with Crippen molar-refractivity contribution in [2.75, 3.05) is 26.3 Å². The highest BCUT2D eigenvalue weighted by Gasteiger charge is 2.26. The van der Waals surface area contributed by atoms with E-state index in [2.05, 4.69) is 5.32 Å². The van der Waals surface area contributed by atoms with E-state index in [9.17, 15) is 13.2 Å². The van der Waals surface area contributed by atoms with Crippen molar-refractivity contribution in [2.45, 2.75) is 31.7 Å². The van der Waals surface area contributed by atoms with Crippen LogP contribution in [0.25, 0.3) is 0 Å². The molecule has 1 amide bonds. The standard InChI is InChI=1S/C21H25ClN2O5S/c1-4-24(5-2)30(26,27)20-13-16(6-8-17(20)22)21(25)23-14(3)15-7-9-18-19(12-15)29-11-10-28-18/h6-9,12-14H,4-5,10-11H2,1-3H3,(H,23,25)/t14-/m0/s1. The molecule has 2 aromatic rings. The summed E-state index contributed by atoms with van der Waals surface area (Å²) in [5, 5.41) is 2.97. The molecule has 3 rings (SSSR count). The molecule has 1 aliphatic heterocycles. The molecule has 0 unspecified atom stereocenters. The van der Waals surface area contributed by atoms with Crippen LogP contribution in [0.5, 0.6) is 11.5 Å². The molecule has 0 fully saturated rings. The number of amides is 1. The van der Waals surface area contributed by atoms with Crippen molar-refractivity contribution < 1.29 is 22.7 Å². The van der Waals surface area contributed by atoms with E-state index in [4.69, 9.17) is 21.1 Å². The van der Waals surface area contributed by atoms with Crippen LogP contribution in [0, 0.1) is 0 Å². The summed E-state index contributed by atoms with van der Waals surface area (Å²) in [6.07, 6.45) is 0. The topological polar surface area (TPSA) is 84.9 Å². The SMILES string of the molecule is CCN(CC)S(=O)(=O)c1cc(C(=O)N[C@@H](C)c2ccc3c(c2)OCCO3)ccc1Cl. The van der Waals surface area contributed by atoms with Gasteiger partial charge in [-0.3, -0.25) is 4.79 Å². The summed E-state index contributed by atoms with van der Waals surface area (Å²) in [4.78, 5) is 12.7. The number of ether oxygens (including phenoxy) is 2. The molecule has 162 valence electrons. The Kier molecular flexibility index (Phi) is 6.90. The Bertz CT molecular complexity index is 1040. The summed E-state index contributed by atoms with van der Waals surface area (Å²) in [6.45, 7) is 6.95. The van der Waals surface area contributed by atoms with Gasteiger partial charge >= 0.3 is 0 Å². The van der Waals surface area contributed by atoms with Gasteiger partial charge in [-0.2, -0.15) is 4.31 Å². The lowest BCUT2D eigenvalue weighted by molar-refractivity contribution is 0.0939. The van der Waals surface area contributed by atoms with Crippen LogP contribution in [0.15, 0.2) is 41.3 Å². The van der Waals surface area contributed by atoms with Gasteiger partial charge in [0.25, 0.3) is 5.91 Å². The van der Waals surface area contributed by atoms with E-state index in [0.717, 1.165) is 5.56 Å². The van der Waals surface area contributed by atoms with Crippen LogP contribution in [0.2, 0.25) is 5.02 Å². The Morgan fingerprint density at radius 3 is 2.43 bits per heavy atom. The van der Waals surface area contributed by atoms with Gasteiger partial charge in [0.15, 0.2) is 11.5 Å².